The van der Waals surface area contributed by atoms with Crippen LogP contribution in [0.3, 0.4) is 0 Å². The first-order valence-corrected chi connectivity index (χ1v) is 9.95. The van der Waals surface area contributed by atoms with E-state index in [1.807, 2.05) is 6.07 Å². The maximum atomic E-state index is 5.79. The minimum absolute atomic E-state index is 0.435. The second-order valence-corrected chi connectivity index (χ2v) is 7.21. The first-order chi connectivity index (χ1) is 13.8. The van der Waals surface area contributed by atoms with Gasteiger partial charge in [0.2, 0.25) is 0 Å². The number of hydrogen-bond donors (Lipinski definition) is 2. The SMILES string of the molecule is COCCOCc1cc(NC2CCOCC2)c2[nH]cc(-c3ccccc3)c2c1. The lowest BCUT2D eigenvalue weighted by Gasteiger charge is -2.25. The van der Waals surface area contributed by atoms with Crippen molar-refractivity contribution >= 4 is 16.6 Å². The number of hydrogen-bond acceptors (Lipinski definition) is 4. The van der Waals surface area contributed by atoms with Crippen LogP contribution in [0.2, 0.25) is 0 Å². The molecule has 1 saturated heterocycles. The Morgan fingerprint density at radius 2 is 1.93 bits per heavy atom. The van der Waals surface area contributed by atoms with E-state index in [2.05, 4.69) is 52.9 Å². The van der Waals surface area contributed by atoms with Crippen molar-refractivity contribution in [2.45, 2.75) is 25.5 Å². The van der Waals surface area contributed by atoms with Crippen LogP contribution in [0.5, 0.6) is 0 Å². The number of anilines is 1. The largest absolute Gasteiger partial charge is 0.382 e. The molecule has 5 heteroatoms. The third kappa shape index (κ3) is 4.38. The van der Waals surface area contributed by atoms with Crippen molar-refractivity contribution in [3.05, 3.63) is 54.2 Å². The Hall–Kier alpha value is -2.34. The van der Waals surface area contributed by atoms with Gasteiger partial charge in [-0.05, 0) is 36.1 Å². The summed E-state index contributed by atoms with van der Waals surface area (Å²) < 4.78 is 16.4. The molecule has 2 aromatic carbocycles. The minimum Gasteiger partial charge on any atom is -0.382 e. The van der Waals surface area contributed by atoms with Crippen LogP contribution in [-0.4, -0.2) is 44.6 Å². The van der Waals surface area contributed by atoms with Gasteiger partial charge in [0.25, 0.3) is 0 Å². The van der Waals surface area contributed by atoms with Crippen LogP contribution in [-0.2, 0) is 20.8 Å². The molecule has 0 aliphatic carbocycles. The summed E-state index contributed by atoms with van der Waals surface area (Å²) in [6, 6.07) is 15.4. The average Bonchev–Trinajstić information content (AvgIpc) is 3.17. The zero-order valence-electron chi connectivity index (χ0n) is 16.4. The van der Waals surface area contributed by atoms with Gasteiger partial charge in [0.05, 0.1) is 31.0 Å². The third-order valence-corrected chi connectivity index (χ3v) is 5.22. The van der Waals surface area contributed by atoms with Crippen molar-refractivity contribution in [3.63, 3.8) is 0 Å². The number of methoxy groups -OCH3 is 1. The van der Waals surface area contributed by atoms with Gasteiger partial charge in [-0.15, -0.1) is 0 Å². The van der Waals surface area contributed by atoms with Crippen molar-refractivity contribution in [2.24, 2.45) is 0 Å². The van der Waals surface area contributed by atoms with Gasteiger partial charge >= 0.3 is 0 Å². The van der Waals surface area contributed by atoms with E-state index in [0.29, 0.717) is 25.9 Å². The van der Waals surface area contributed by atoms with E-state index in [0.717, 1.165) is 42.8 Å². The van der Waals surface area contributed by atoms with Crippen LogP contribution >= 0.6 is 0 Å². The summed E-state index contributed by atoms with van der Waals surface area (Å²) in [6.07, 6.45) is 4.16. The number of benzene rings is 2. The van der Waals surface area contributed by atoms with Crippen LogP contribution in [0.15, 0.2) is 48.7 Å². The zero-order valence-corrected chi connectivity index (χ0v) is 16.4. The zero-order chi connectivity index (χ0) is 19.2. The molecule has 0 amide bonds. The van der Waals surface area contributed by atoms with E-state index in [-0.39, 0.29) is 0 Å². The summed E-state index contributed by atoms with van der Waals surface area (Å²) in [4.78, 5) is 3.49. The van der Waals surface area contributed by atoms with Gasteiger partial charge in [-0.2, -0.15) is 0 Å². The molecule has 5 nitrogen and oxygen atoms in total. The number of rotatable bonds is 8. The van der Waals surface area contributed by atoms with E-state index < -0.39 is 0 Å². The van der Waals surface area contributed by atoms with Gasteiger partial charge in [0.15, 0.2) is 0 Å². The molecule has 0 spiro atoms. The lowest BCUT2D eigenvalue weighted by molar-refractivity contribution is 0.0617. The monoisotopic (exact) mass is 380 g/mol. The highest BCUT2D eigenvalue weighted by Crippen LogP contribution is 2.34. The molecule has 1 aliphatic heterocycles. The molecule has 2 N–H and O–H groups in total. The maximum Gasteiger partial charge on any atom is 0.0719 e. The fourth-order valence-electron chi connectivity index (χ4n) is 3.74. The minimum atomic E-state index is 0.435. The van der Waals surface area contributed by atoms with Crippen LogP contribution < -0.4 is 5.32 Å². The van der Waals surface area contributed by atoms with E-state index >= 15 is 0 Å². The van der Waals surface area contributed by atoms with E-state index in [1.54, 1.807) is 7.11 Å². The number of aromatic nitrogens is 1. The molecule has 1 aromatic heterocycles. The standard InChI is InChI=1S/C23H28N2O3/c1-26-11-12-28-16-17-13-20-21(18-5-3-2-4-6-18)15-24-23(20)22(14-17)25-19-7-9-27-10-8-19/h2-6,13-15,19,24-25H,7-12,16H2,1H3. The molecule has 1 fully saturated rings. The quantitative estimate of drug-likeness (QED) is 0.561. The normalized spacial score (nSPS) is 15.2. The van der Waals surface area contributed by atoms with Crippen LogP contribution in [0, 0.1) is 0 Å². The summed E-state index contributed by atoms with van der Waals surface area (Å²) in [5, 5.41) is 4.96. The second-order valence-electron chi connectivity index (χ2n) is 7.21. The molecule has 2 heterocycles. The van der Waals surface area contributed by atoms with Crippen molar-refractivity contribution in [3.8, 4) is 11.1 Å². The van der Waals surface area contributed by atoms with E-state index in [1.165, 1.54) is 16.5 Å². The Kier molecular flexibility index (Phi) is 6.27. The topological polar surface area (TPSA) is 55.5 Å². The van der Waals surface area contributed by atoms with Gasteiger partial charge < -0.3 is 24.5 Å². The molecule has 0 unspecified atom stereocenters. The molecule has 0 atom stereocenters. The molecule has 0 bridgehead atoms. The smallest absolute Gasteiger partial charge is 0.0719 e. The Bertz CT molecular complexity index is 886. The summed E-state index contributed by atoms with van der Waals surface area (Å²) in [5.74, 6) is 0. The lowest BCUT2D eigenvalue weighted by Crippen LogP contribution is -2.28. The molecule has 148 valence electrons. The summed E-state index contributed by atoms with van der Waals surface area (Å²) in [6.45, 7) is 3.41. The van der Waals surface area contributed by atoms with Gasteiger partial charge in [0, 0.05) is 43.5 Å². The van der Waals surface area contributed by atoms with Crippen molar-refractivity contribution < 1.29 is 14.2 Å². The van der Waals surface area contributed by atoms with Crippen LogP contribution in [0.4, 0.5) is 5.69 Å². The Labute approximate surface area is 166 Å². The molecular formula is C23H28N2O3. The van der Waals surface area contributed by atoms with Crippen LogP contribution in [0.1, 0.15) is 18.4 Å². The Morgan fingerprint density at radius 1 is 1.11 bits per heavy atom. The van der Waals surface area contributed by atoms with E-state index in [4.69, 9.17) is 14.2 Å². The Balaban J connectivity index is 1.67. The van der Waals surface area contributed by atoms with Gasteiger partial charge in [-0.3, -0.25) is 0 Å². The summed E-state index contributed by atoms with van der Waals surface area (Å²) >= 11 is 0. The molecule has 28 heavy (non-hydrogen) atoms. The number of fused-ring (bicyclic) bond motifs is 1. The molecule has 3 aromatic rings. The highest BCUT2D eigenvalue weighted by Gasteiger charge is 2.17. The first kappa shape index (κ1) is 19.0. The average molecular weight is 380 g/mol. The van der Waals surface area contributed by atoms with Crippen molar-refractivity contribution in [2.75, 3.05) is 38.9 Å². The van der Waals surface area contributed by atoms with Gasteiger partial charge in [0.1, 0.15) is 0 Å². The molecular weight excluding hydrogens is 352 g/mol. The molecule has 4 rings (SSSR count). The molecule has 1 aliphatic rings. The third-order valence-electron chi connectivity index (χ3n) is 5.22. The lowest BCUT2D eigenvalue weighted by atomic mass is 10.0. The number of H-pyrrole nitrogens is 1. The van der Waals surface area contributed by atoms with Crippen molar-refractivity contribution in [1.29, 1.82) is 0 Å². The number of ether oxygens (including phenoxy) is 3. The van der Waals surface area contributed by atoms with E-state index in [9.17, 15) is 0 Å². The second kappa shape index (κ2) is 9.24. The maximum absolute atomic E-state index is 5.79. The highest BCUT2D eigenvalue weighted by molar-refractivity contribution is 6.02. The summed E-state index contributed by atoms with van der Waals surface area (Å²) in [5.41, 5.74) is 5.87. The summed E-state index contributed by atoms with van der Waals surface area (Å²) in [7, 11) is 1.69. The fraction of sp³-hybridized carbons (Fsp3) is 0.391. The first-order valence-electron chi connectivity index (χ1n) is 9.95. The number of aromatic amines is 1. The van der Waals surface area contributed by atoms with Crippen molar-refractivity contribution in [1.82, 2.24) is 4.98 Å². The predicted octanol–water partition coefficient (Wildman–Crippen LogP) is 4.59. The van der Waals surface area contributed by atoms with Crippen LogP contribution in [0.25, 0.3) is 22.0 Å². The predicted molar refractivity (Wildman–Crippen MR) is 113 cm³/mol. The van der Waals surface area contributed by atoms with Gasteiger partial charge in [-0.25, -0.2) is 0 Å². The van der Waals surface area contributed by atoms with Gasteiger partial charge in [-0.1, -0.05) is 30.3 Å². The molecule has 0 saturated carbocycles. The highest BCUT2D eigenvalue weighted by atomic mass is 16.5. The Morgan fingerprint density at radius 3 is 2.71 bits per heavy atom. The fourth-order valence-corrected chi connectivity index (χ4v) is 3.74. The molecule has 0 radical (unpaired) electrons. The number of nitrogens with one attached hydrogen (secondary N) is 2.